The summed E-state index contributed by atoms with van der Waals surface area (Å²) in [5.74, 6) is 0. The Morgan fingerprint density at radius 2 is 1.41 bits per heavy atom. The molecule has 0 unspecified atom stereocenters. The molecule has 1 fully saturated rings. The molecule has 7 nitrogen and oxygen atoms in total. The number of nitrogens with zero attached hydrogens (tertiary/aromatic N) is 2. The zero-order valence-corrected chi connectivity index (χ0v) is 16.1. The van der Waals surface area contributed by atoms with Crippen molar-refractivity contribution in [1.82, 2.24) is 9.80 Å². The minimum absolute atomic E-state index is 0.128. The van der Waals surface area contributed by atoms with Crippen LogP contribution in [0.25, 0.3) is 0 Å². The molecule has 1 atom stereocenters. The van der Waals surface area contributed by atoms with Gasteiger partial charge < -0.3 is 24.1 Å². The van der Waals surface area contributed by atoms with E-state index in [9.17, 15) is 14.4 Å². The summed E-state index contributed by atoms with van der Waals surface area (Å²) in [6.07, 6.45) is -0.0656. The summed E-state index contributed by atoms with van der Waals surface area (Å²) in [7, 11) is 0. The van der Waals surface area contributed by atoms with Gasteiger partial charge in [-0.15, -0.1) is 0 Å². The van der Waals surface area contributed by atoms with E-state index in [1.54, 1.807) is 0 Å². The first kappa shape index (κ1) is 20.4. The molecule has 29 heavy (non-hydrogen) atoms. The minimum atomic E-state index is -0.488. The summed E-state index contributed by atoms with van der Waals surface area (Å²) in [4.78, 5) is 39.0. The van der Waals surface area contributed by atoms with Crippen LogP contribution < -0.4 is 0 Å². The first-order valence-electron chi connectivity index (χ1n) is 9.54. The number of carbonyl (C=O) groups excluding carboxylic acids is 3. The molecule has 2 aromatic carbocycles. The van der Waals surface area contributed by atoms with Gasteiger partial charge in [0.25, 0.3) is 0 Å². The highest BCUT2D eigenvalue weighted by atomic mass is 16.6. The summed E-state index contributed by atoms with van der Waals surface area (Å²) in [5.41, 5.74) is 1.78. The lowest BCUT2D eigenvalue weighted by Gasteiger charge is -2.39. The van der Waals surface area contributed by atoms with Crippen molar-refractivity contribution in [2.24, 2.45) is 0 Å². The SMILES string of the molecule is O=CC[C@H]1CN(C(=O)OCc2ccccc2)CCN1C(=O)OCc1ccccc1. The van der Waals surface area contributed by atoms with Crippen LogP contribution in [0.2, 0.25) is 0 Å². The summed E-state index contributed by atoms with van der Waals surface area (Å²) in [5, 5.41) is 0. The van der Waals surface area contributed by atoms with E-state index in [4.69, 9.17) is 9.47 Å². The van der Waals surface area contributed by atoms with Crippen LogP contribution in [-0.4, -0.2) is 53.9 Å². The van der Waals surface area contributed by atoms with E-state index in [2.05, 4.69) is 0 Å². The van der Waals surface area contributed by atoms with Crippen molar-refractivity contribution in [3.63, 3.8) is 0 Å². The largest absolute Gasteiger partial charge is 0.445 e. The lowest BCUT2D eigenvalue weighted by atomic mass is 10.1. The second-order valence-electron chi connectivity index (χ2n) is 6.78. The average molecular weight is 396 g/mol. The Morgan fingerprint density at radius 1 is 0.862 bits per heavy atom. The topological polar surface area (TPSA) is 76.2 Å². The van der Waals surface area contributed by atoms with E-state index in [1.807, 2.05) is 60.7 Å². The van der Waals surface area contributed by atoms with Crippen LogP contribution in [0.5, 0.6) is 0 Å². The Hall–Kier alpha value is -3.35. The van der Waals surface area contributed by atoms with E-state index in [0.29, 0.717) is 6.54 Å². The van der Waals surface area contributed by atoms with E-state index in [1.165, 1.54) is 9.80 Å². The Bertz CT molecular complexity index is 812. The predicted molar refractivity (Wildman–Crippen MR) is 106 cm³/mol. The second-order valence-corrected chi connectivity index (χ2v) is 6.78. The van der Waals surface area contributed by atoms with Crippen molar-refractivity contribution in [3.05, 3.63) is 71.8 Å². The third-order valence-corrected chi connectivity index (χ3v) is 4.75. The van der Waals surface area contributed by atoms with E-state index >= 15 is 0 Å². The van der Waals surface area contributed by atoms with Crippen LogP contribution in [0, 0.1) is 0 Å². The van der Waals surface area contributed by atoms with Crippen LogP contribution in [0.1, 0.15) is 17.5 Å². The zero-order chi connectivity index (χ0) is 20.5. The van der Waals surface area contributed by atoms with E-state index in [-0.39, 0.29) is 32.7 Å². The van der Waals surface area contributed by atoms with Gasteiger partial charge in [-0.3, -0.25) is 0 Å². The van der Waals surface area contributed by atoms with Crippen molar-refractivity contribution >= 4 is 18.5 Å². The number of hydrogen-bond acceptors (Lipinski definition) is 5. The van der Waals surface area contributed by atoms with Crippen molar-refractivity contribution in [3.8, 4) is 0 Å². The summed E-state index contributed by atoms with van der Waals surface area (Å²) in [6.45, 7) is 1.17. The molecule has 7 heteroatoms. The lowest BCUT2D eigenvalue weighted by Crippen LogP contribution is -2.56. The average Bonchev–Trinajstić information content (AvgIpc) is 2.77. The number of aldehydes is 1. The van der Waals surface area contributed by atoms with Gasteiger partial charge in [0.1, 0.15) is 19.5 Å². The molecular formula is C22H24N2O5. The molecule has 3 rings (SSSR count). The van der Waals surface area contributed by atoms with Crippen LogP contribution in [0.3, 0.4) is 0 Å². The molecule has 0 saturated carbocycles. The number of rotatable bonds is 6. The van der Waals surface area contributed by atoms with Crippen molar-refractivity contribution in [1.29, 1.82) is 0 Å². The van der Waals surface area contributed by atoms with Crippen LogP contribution in [0.15, 0.2) is 60.7 Å². The van der Waals surface area contributed by atoms with Gasteiger partial charge in [0.05, 0.1) is 6.04 Å². The number of amides is 2. The first-order chi connectivity index (χ1) is 14.2. The molecule has 1 saturated heterocycles. The fourth-order valence-corrected chi connectivity index (χ4v) is 3.19. The van der Waals surface area contributed by atoms with Crippen molar-refractivity contribution in [2.75, 3.05) is 19.6 Å². The van der Waals surface area contributed by atoms with Gasteiger partial charge in [-0.2, -0.15) is 0 Å². The van der Waals surface area contributed by atoms with E-state index in [0.717, 1.165) is 17.4 Å². The molecule has 0 aromatic heterocycles. The van der Waals surface area contributed by atoms with Gasteiger partial charge in [0.2, 0.25) is 0 Å². The van der Waals surface area contributed by atoms with Crippen LogP contribution >= 0.6 is 0 Å². The fourth-order valence-electron chi connectivity index (χ4n) is 3.19. The Morgan fingerprint density at radius 3 is 1.97 bits per heavy atom. The monoisotopic (exact) mass is 396 g/mol. The minimum Gasteiger partial charge on any atom is -0.445 e. The summed E-state index contributed by atoms with van der Waals surface area (Å²) in [6, 6.07) is 18.4. The molecule has 0 N–H and O–H groups in total. The first-order valence-corrected chi connectivity index (χ1v) is 9.54. The maximum absolute atomic E-state index is 12.5. The molecule has 0 bridgehead atoms. The molecule has 2 aromatic rings. The molecule has 1 aliphatic heterocycles. The number of benzene rings is 2. The van der Waals surface area contributed by atoms with Crippen molar-refractivity contribution in [2.45, 2.75) is 25.7 Å². The molecule has 0 radical (unpaired) electrons. The van der Waals surface area contributed by atoms with Gasteiger partial charge in [-0.05, 0) is 11.1 Å². The normalized spacial score (nSPS) is 16.2. The second kappa shape index (κ2) is 10.3. The van der Waals surface area contributed by atoms with Crippen molar-refractivity contribution < 1.29 is 23.9 Å². The van der Waals surface area contributed by atoms with Gasteiger partial charge >= 0.3 is 12.2 Å². The predicted octanol–water partition coefficient (Wildman–Crippen LogP) is 3.24. The summed E-state index contributed by atoms with van der Waals surface area (Å²) < 4.78 is 10.7. The molecule has 1 heterocycles. The quantitative estimate of drug-likeness (QED) is 0.701. The molecule has 152 valence electrons. The lowest BCUT2D eigenvalue weighted by molar-refractivity contribution is -0.109. The van der Waals surface area contributed by atoms with E-state index < -0.39 is 18.2 Å². The highest BCUT2D eigenvalue weighted by Crippen LogP contribution is 2.16. The Balaban J connectivity index is 1.53. The molecule has 1 aliphatic rings. The zero-order valence-electron chi connectivity index (χ0n) is 16.1. The molecule has 2 amide bonds. The fraction of sp³-hybridized carbons (Fsp3) is 0.318. The number of carbonyl (C=O) groups is 3. The third-order valence-electron chi connectivity index (χ3n) is 4.75. The Labute approximate surface area is 169 Å². The molecular weight excluding hydrogens is 372 g/mol. The third kappa shape index (κ3) is 5.81. The maximum Gasteiger partial charge on any atom is 0.410 e. The van der Waals surface area contributed by atoms with Crippen LogP contribution in [0.4, 0.5) is 9.59 Å². The van der Waals surface area contributed by atoms with Gasteiger partial charge in [-0.25, -0.2) is 9.59 Å². The molecule has 0 aliphatic carbocycles. The summed E-state index contributed by atoms with van der Waals surface area (Å²) >= 11 is 0. The van der Waals surface area contributed by atoms with Gasteiger partial charge in [-0.1, -0.05) is 60.7 Å². The van der Waals surface area contributed by atoms with Gasteiger partial charge in [0.15, 0.2) is 0 Å². The highest BCUT2D eigenvalue weighted by molar-refractivity contribution is 5.71. The number of piperazine rings is 1. The molecule has 0 spiro atoms. The number of hydrogen-bond donors (Lipinski definition) is 0. The smallest absolute Gasteiger partial charge is 0.410 e. The maximum atomic E-state index is 12.5. The van der Waals surface area contributed by atoms with Crippen LogP contribution in [-0.2, 0) is 27.5 Å². The standard InChI is InChI=1S/C22H24N2O5/c25-14-11-20-15-23(21(26)28-16-18-7-3-1-4-8-18)12-13-24(20)22(27)29-17-19-9-5-2-6-10-19/h1-10,14,20H,11-13,15-17H2/t20-/m0/s1. The number of ether oxygens (including phenoxy) is 2. The Kier molecular flexibility index (Phi) is 7.22. The van der Waals surface area contributed by atoms with Gasteiger partial charge in [0, 0.05) is 26.1 Å². The highest BCUT2D eigenvalue weighted by Gasteiger charge is 2.33.